The van der Waals surface area contributed by atoms with Crippen LogP contribution in [0.25, 0.3) is 0 Å². The van der Waals surface area contributed by atoms with Crippen molar-refractivity contribution < 1.29 is 50.3 Å². The fourth-order valence-electron chi connectivity index (χ4n) is 0. The summed E-state index contributed by atoms with van der Waals surface area (Å²) in [5.74, 6) is 0. The molecule has 0 aliphatic carbocycles. The van der Waals surface area contributed by atoms with Crippen LogP contribution in [0.5, 0.6) is 0 Å². The molecule has 0 spiro atoms. The fraction of sp³-hybridized carbons (Fsp3) is 0. The molecular weight excluding hydrogens is 332 g/mol. The molecule has 0 radical (unpaired) electrons. The van der Waals surface area contributed by atoms with Crippen LogP contribution in [-0.2, 0) is 33.8 Å². The minimum atomic E-state index is -4.08. The van der Waals surface area contributed by atoms with Crippen molar-refractivity contribution in [2.45, 2.75) is 0 Å². The van der Waals surface area contributed by atoms with Gasteiger partial charge in [-0.3, -0.25) is 0 Å². The van der Waals surface area contributed by atoms with E-state index in [0.717, 1.165) is 0 Å². The molecule has 0 heterocycles. The third-order valence-electron chi connectivity index (χ3n) is 0. The maximum Gasteiger partial charge on any atom is 4.00 e. The summed E-state index contributed by atoms with van der Waals surface area (Å²) in [6, 6.07) is 0. The van der Waals surface area contributed by atoms with E-state index in [-0.39, 0.29) is 26.2 Å². The van der Waals surface area contributed by atoms with E-state index in [2.05, 4.69) is 0 Å². The van der Waals surface area contributed by atoms with E-state index in [9.17, 15) is 0 Å². The van der Waals surface area contributed by atoms with Gasteiger partial charge in [0.05, 0.1) is 0 Å². The first-order valence-electron chi connectivity index (χ1n) is 1.22. The van der Waals surface area contributed by atoms with Gasteiger partial charge in [0.25, 0.3) is 0 Å². The second-order valence-electron chi connectivity index (χ2n) is 0.500. The summed E-state index contributed by atoms with van der Waals surface area (Å²) >= 11 is -8.17. The normalized spacial score (nSPS) is 5.33. The standard InChI is InChI=1S/2GeO3.Zr/c2*2-1(3)4;/q2*-2;+4. The van der Waals surface area contributed by atoms with Gasteiger partial charge in [-0.2, -0.15) is 0 Å². The second-order valence-corrected chi connectivity index (χ2v) is 2.60. The number of hydrogen-bond acceptors (Lipinski definition) is 6. The van der Waals surface area contributed by atoms with Crippen molar-refractivity contribution in [3.8, 4) is 0 Å². The molecule has 0 rings (SSSR count). The summed E-state index contributed by atoms with van der Waals surface area (Å²) < 4.78 is 51.5. The van der Waals surface area contributed by atoms with E-state index in [1.807, 2.05) is 0 Å². The summed E-state index contributed by atoms with van der Waals surface area (Å²) in [7, 11) is 0. The van der Waals surface area contributed by atoms with Gasteiger partial charge >= 0.3 is 80.2 Å². The minimum absolute atomic E-state index is 0. The van der Waals surface area contributed by atoms with E-state index >= 15 is 0 Å². The molecular formula is Ge2O6Zr. The summed E-state index contributed by atoms with van der Waals surface area (Å²) in [5, 5.41) is 0. The van der Waals surface area contributed by atoms with Gasteiger partial charge in [0.15, 0.2) is 0 Å². The molecule has 0 bridgehead atoms. The Labute approximate surface area is 79.7 Å². The molecule has 0 N–H and O–H groups in total. The predicted octanol–water partition coefficient (Wildman–Crippen LogP) is -5.76. The molecule has 0 aliphatic rings. The topological polar surface area (TPSA) is 126 Å². The number of rotatable bonds is 0. The average molecular weight is 332 g/mol. The van der Waals surface area contributed by atoms with Crippen molar-refractivity contribution in [3.63, 3.8) is 0 Å². The van der Waals surface area contributed by atoms with Crippen LogP contribution < -0.4 is 16.5 Å². The van der Waals surface area contributed by atoms with Gasteiger partial charge < -0.3 is 0 Å². The van der Waals surface area contributed by atoms with Crippen molar-refractivity contribution in [1.29, 1.82) is 0 Å². The van der Waals surface area contributed by atoms with Crippen molar-refractivity contribution in [3.05, 3.63) is 0 Å². The molecule has 0 aliphatic heterocycles. The average Bonchev–Trinajstić information content (AvgIpc) is 1.25. The minimum Gasteiger partial charge on any atom is 4.00 e. The van der Waals surface area contributed by atoms with E-state index in [1.165, 1.54) is 0 Å². The Bertz CT molecular complexity index is 69.1. The van der Waals surface area contributed by atoms with E-state index in [4.69, 9.17) is 24.1 Å². The van der Waals surface area contributed by atoms with Gasteiger partial charge in [0, 0.05) is 0 Å². The maximum atomic E-state index is 8.58. The molecule has 6 nitrogen and oxygen atoms in total. The monoisotopic (exact) mass is 334 g/mol. The Morgan fingerprint density at radius 3 is 0.778 bits per heavy atom. The fourth-order valence-corrected chi connectivity index (χ4v) is 0. The Morgan fingerprint density at radius 2 is 0.778 bits per heavy atom. The van der Waals surface area contributed by atoms with Gasteiger partial charge in [0.1, 0.15) is 0 Å². The van der Waals surface area contributed by atoms with Crippen molar-refractivity contribution >= 4 is 29.9 Å². The van der Waals surface area contributed by atoms with E-state index in [0.29, 0.717) is 0 Å². The van der Waals surface area contributed by atoms with Crippen LogP contribution in [0.2, 0.25) is 0 Å². The Kier molecular flexibility index (Phi) is 21.0. The molecule has 48 valence electrons. The molecule has 0 unspecified atom stereocenters. The zero-order valence-corrected chi connectivity index (χ0v) is 10.6. The van der Waals surface area contributed by atoms with Crippen LogP contribution in [0.4, 0.5) is 0 Å². The zero-order valence-electron chi connectivity index (χ0n) is 3.95. The molecule has 0 saturated heterocycles. The molecule has 0 fully saturated rings. The first-order valence-corrected chi connectivity index (χ1v) is 6.36. The zero-order chi connectivity index (χ0) is 7.15. The molecule has 0 aromatic rings. The smallest absolute Gasteiger partial charge is 4.00 e. The first kappa shape index (κ1) is 16.4. The molecule has 9 heavy (non-hydrogen) atoms. The van der Waals surface area contributed by atoms with Gasteiger partial charge in [-0.25, -0.2) is 0 Å². The molecule has 0 aromatic carbocycles. The molecule has 0 aromatic heterocycles. The Morgan fingerprint density at radius 1 is 0.778 bits per heavy atom. The quantitative estimate of drug-likeness (QED) is 0.407. The van der Waals surface area contributed by atoms with Crippen LogP contribution >= 0.6 is 0 Å². The van der Waals surface area contributed by atoms with Crippen LogP contribution in [0.15, 0.2) is 0 Å². The van der Waals surface area contributed by atoms with Crippen molar-refractivity contribution in [2.24, 2.45) is 0 Å². The molecule has 0 amide bonds. The SMILES string of the molecule is [O]=[Ge]([O-])[O-].[O]=[Ge]([O-])[O-].[Zr+4]. The summed E-state index contributed by atoms with van der Waals surface area (Å²) in [5.41, 5.74) is 0. The molecule has 9 heteroatoms. The number of hydrogen-bond donors (Lipinski definition) is 0. The second kappa shape index (κ2) is 11.6. The Balaban J connectivity index is -0.0000000720. The van der Waals surface area contributed by atoms with Crippen molar-refractivity contribution in [1.82, 2.24) is 0 Å². The van der Waals surface area contributed by atoms with Gasteiger partial charge in [-0.15, -0.1) is 0 Å². The third kappa shape index (κ3) is 680. The van der Waals surface area contributed by atoms with E-state index in [1.54, 1.807) is 0 Å². The molecule has 0 saturated carbocycles. The van der Waals surface area contributed by atoms with Gasteiger partial charge in [0.2, 0.25) is 0 Å². The summed E-state index contributed by atoms with van der Waals surface area (Å²) in [4.78, 5) is 0. The van der Waals surface area contributed by atoms with Crippen LogP contribution in [0.3, 0.4) is 0 Å². The maximum absolute atomic E-state index is 8.58. The van der Waals surface area contributed by atoms with E-state index < -0.39 is 29.9 Å². The molecule has 0 atom stereocenters. The Hall–Kier alpha value is 0.769. The largest absolute Gasteiger partial charge is 4.00 e. The van der Waals surface area contributed by atoms with Crippen LogP contribution in [0.1, 0.15) is 0 Å². The predicted molar refractivity (Wildman–Crippen MR) is 12.9 cm³/mol. The third-order valence-corrected chi connectivity index (χ3v) is 0. The van der Waals surface area contributed by atoms with Crippen molar-refractivity contribution in [2.75, 3.05) is 0 Å². The van der Waals surface area contributed by atoms with Crippen LogP contribution in [-0.4, -0.2) is 29.9 Å². The summed E-state index contributed by atoms with van der Waals surface area (Å²) in [6.45, 7) is 0. The summed E-state index contributed by atoms with van der Waals surface area (Å²) in [6.07, 6.45) is 0. The van der Waals surface area contributed by atoms with Gasteiger partial charge in [-0.05, 0) is 0 Å². The van der Waals surface area contributed by atoms with Gasteiger partial charge in [-0.1, -0.05) is 0 Å². The van der Waals surface area contributed by atoms with Crippen LogP contribution in [0, 0.1) is 0 Å². The first-order chi connectivity index (χ1) is 3.46.